The van der Waals surface area contributed by atoms with Gasteiger partial charge in [-0.15, -0.1) is 11.3 Å². The SMILES string of the molecule is c1ccc(-c2nc(-n3c4ccccc4c4ccc5c6c(sc5c43)C3(c4ccccc4Sc4ccccc43)c3ccccc3-6)nc3ccccc23)cc1. The van der Waals surface area contributed by atoms with Crippen LogP contribution in [-0.4, -0.2) is 14.5 Å². The van der Waals surface area contributed by atoms with Crippen molar-refractivity contribution in [2.75, 3.05) is 0 Å². The van der Waals surface area contributed by atoms with Crippen LogP contribution in [0.2, 0.25) is 0 Å². The summed E-state index contributed by atoms with van der Waals surface area (Å²) < 4.78 is 3.59. The zero-order valence-electron chi connectivity index (χ0n) is 27.7. The molecule has 12 rings (SSSR count). The van der Waals surface area contributed by atoms with E-state index in [-0.39, 0.29) is 0 Å². The van der Waals surface area contributed by atoms with Crippen LogP contribution in [0.5, 0.6) is 0 Å². The Balaban J connectivity index is 1.24. The first-order valence-corrected chi connectivity index (χ1v) is 19.2. The molecular weight excluding hydrogens is 671 g/mol. The molecule has 4 heterocycles. The molecule has 10 aromatic rings. The summed E-state index contributed by atoms with van der Waals surface area (Å²) in [6.07, 6.45) is 0. The van der Waals surface area contributed by atoms with Gasteiger partial charge in [0.25, 0.3) is 0 Å². The van der Waals surface area contributed by atoms with Crippen LogP contribution in [0.4, 0.5) is 0 Å². The Morgan fingerprint density at radius 1 is 0.500 bits per heavy atom. The minimum Gasteiger partial charge on any atom is -0.276 e. The van der Waals surface area contributed by atoms with Gasteiger partial charge in [-0.25, -0.2) is 9.97 Å². The molecule has 7 aromatic carbocycles. The third-order valence-corrected chi connectivity index (χ3v) is 13.6. The van der Waals surface area contributed by atoms with Gasteiger partial charge in [-0.05, 0) is 46.5 Å². The van der Waals surface area contributed by atoms with E-state index in [2.05, 4.69) is 168 Å². The van der Waals surface area contributed by atoms with Crippen LogP contribution in [0, 0.1) is 0 Å². The maximum Gasteiger partial charge on any atom is 0.235 e. The van der Waals surface area contributed by atoms with Crippen LogP contribution < -0.4 is 0 Å². The van der Waals surface area contributed by atoms with E-state index in [1.54, 1.807) is 0 Å². The highest BCUT2D eigenvalue weighted by Crippen LogP contribution is 2.65. The molecule has 0 amide bonds. The molecule has 52 heavy (non-hydrogen) atoms. The van der Waals surface area contributed by atoms with Gasteiger partial charge in [-0.1, -0.05) is 151 Å². The van der Waals surface area contributed by atoms with Crippen LogP contribution in [0.25, 0.3) is 71.1 Å². The summed E-state index contributed by atoms with van der Waals surface area (Å²) in [5.74, 6) is 0.685. The van der Waals surface area contributed by atoms with Crippen molar-refractivity contribution < 1.29 is 0 Å². The minimum atomic E-state index is -0.419. The molecule has 0 fully saturated rings. The summed E-state index contributed by atoms with van der Waals surface area (Å²) >= 11 is 3.84. The standard InChI is InChI=1S/C47H27N3S2/c1-2-14-28(15-3-1)42-32-18-5-10-22-37(32)48-46(49-42)50-38-23-11-6-16-29(38)30-26-27-33-41-31-17-4-7-19-34(31)47(45(41)52-44(33)43(30)50)35-20-8-12-24-39(35)51-40-25-13-9-21-36(40)47/h1-27H. The fraction of sp³-hybridized carbons (Fsp3) is 0.0213. The fourth-order valence-electron chi connectivity index (χ4n) is 9.00. The van der Waals surface area contributed by atoms with Gasteiger partial charge in [0.2, 0.25) is 5.95 Å². The predicted molar refractivity (Wildman–Crippen MR) is 216 cm³/mol. The van der Waals surface area contributed by atoms with Crippen molar-refractivity contribution in [3.8, 4) is 28.3 Å². The summed E-state index contributed by atoms with van der Waals surface area (Å²) in [4.78, 5) is 14.7. The first-order valence-electron chi connectivity index (χ1n) is 17.6. The van der Waals surface area contributed by atoms with Crippen LogP contribution >= 0.6 is 23.1 Å². The monoisotopic (exact) mass is 697 g/mol. The Morgan fingerprint density at radius 2 is 1.13 bits per heavy atom. The molecule has 0 saturated heterocycles. The highest BCUT2D eigenvalue weighted by Gasteiger charge is 2.52. The van der Waals surface area contributed by atoms with E-state index in [0.29, 0.717) is 5.95 Å². The molecule has 3 aromatic heterocycles. The molecule has 5 heteroatoms. The summed E-state index contributed by atoms with van der Waals surface area (Å²) in [5, 5.41) is 4.73. The second-order valence-electron chi connectivity index (χ2n) is 13.6. The Morgan fingerprint density at radius 3 is 1.94 bits per heavy atom. The average molecular weight is 698 g/mol. The third-order valence-electron chi connectivity index (χ3n) is 11.1. The highest BCUT2D eigenvalue weighted by molar-refractivity contribution is 7.99. The molecule has 1 spiro atoms. The molecule has 0 atom stereocenters. The summed E-state index contributed by atoms with van der Waals surface area (Å²) in [7, 11) is 0. The van der Waals surface area contributed by atoms with Gasteiger partial charge in [-0.2, -0.15) is 0 Å². The molecule has 2 aliphatic rings. The molecule has 0 saturated carbocycles. The van der Waals surface area contributed by atoms with Gasteiger partial charge >= 0.3 is 0 Å². The molecule has 1 aliphatic heterocycles. The number of rotatable bonds is 2. The van der Waals surface area contributed by atoms with E-state index in [0.717, 1.165) is 33.2 Å². The minimum absolute atomic E-state index is 0.419. The van der Waals surface area contributed by atoms with Crippen molar-refractivity contribution in [2.24, 2.45) is 0 Å². The fourth-order valence-corrected chi connectivity index (χ4v) is 11.8. The van der Waals surface area contributed by atoms with Crippen molar-refractivity contribution >= 4 is 65.9 Å². The van der Waals surface area contributed by atoms with Crippen LogP contribution in [-0.2, 0) is 5.41 Å². The van der Waals surface area contributed by atoms with E-state index in [1.807, 2.05) is 23.1 Å². The lowest BCUT2D eigenvalue weighted by Crippen LogP contribution is -2.31. The number of para-hydroxylation sites is 2. The second-order valence-corrected chi connectivity index (χ2v) is 15.7. The van der Waals surface area contributed by atoms with Crippen molar-refractivity contribution in [1.82, 2.24) is 14.5 Å². The van der Waals surface area contributed by atoms with Gasteiger partial charge in [-0.3, -0.25) is 4.57 Å². The largest absolute Gasteiger partial charge is 0.276 e. The molecular formula is C47H27N3S2. The van der Waals surface area contributed by atoms with E-state index < -0.39 is 5.41 Å². The van der Waals surface area contributed by atoms with Crippen LogP contribution in [0.3, 0.4) is 0 Å². The van der Waals surface area contributed by atoms with Crippen molar-refractivity contribution in [3.63, 3.8) is 0 Å². The molecule has 0 bridgehead atoms. The van der Waals surface area contributed by atoms with Crippen LogP contribution in [0.1, 0.15) is 21.6 Å². The Kier molecular flexibility index (Phi) is 5.80. The van der Waals surface area contributed by atoms with Gasteiger partial charge in [0.1, 0.15) is 0 Å². The highest BCUT2D eigenvalue weighted by atomic mass is 32.2. The van der Waals surface area contributed by atoms with E-state index >= 15 is 0 Å². The van der Waals surface area contributed by atoms with Gasteiger partial charge < -0.3 is 0 Å². The third kappa shape index (κ3) is 3.61. The zero-order valence-corrected chi connectivity index (χ0v) is 29.4. The quantitative estimate of drug-likeness (QED) is 0.180. The number of hydrogen-bond acceptors (Lipinski definition) is 4. The topological polar surface area (TPSA) is 30.7 Å². The summed E-state index contributed by atoms with van der Waals surface area (Å²) in [6, 6.07) is 59.5. The molecule has 0 radical (unpaired) electrons. The van der Waals surface area contributed by atoms with E-state index in [9.17, 15) is 0 Å². The number of thiophene rings is 1. The lowest BCUT2D eigenvalue weighted by molar-refractivity contribution is 0.736. The molecule has 0 unspecified atom stereocenters. The van der Waals surface area contributed by atoms with Gasteiger partial charge in [0, 0.05) is 47.3 Å². The first kappa shape index (κ1) is 28.7. The number of benzene rings is 7. The Labute approximate surface area is 307 Å². The maximum atomic E-state index is 5.42. The number of fused-ring (bicyclic) bond motifs is 16. The first-order chi connectivity index (χ1) is 25.8. The lowest BCUT2D eigenvalue weighted by atomic mass is 9.70. The second kappa shape index (κ2) is 10.5. The molecule has 0 N–H and O–H groups in total. The Hall–Kier alpha value is -6.01. The summed E-state index contributed by atoms with van der Waals surface area (Å²) in [5.41, 5.74) is 11.5. The summed E-state index contributed by atoms with van der Waals surface area (Å²) in [6.45, 7) is 0. The normalized spacial score (nSPS) is 13.8. The zero-order chi connectivity index (χ0) is 34.0. The number of nitrogens with zero attached hydrogens (tertiary/aromatic N) is 3. The smallest absolute Gasteiger partial charge is 0.235 e. The average Bonchev–Trinajstić information content (AvgIpc) is 3.85. The predicted octanol–water partition coefficient (Wildman–Crippen LogP) is 12.4. The number of hydrogen-bond donors (Lipinski definition) is 0. The number of aromatic nitrogens is 3. The van der Waals surface area contributed by atoms with Gasteiger partial charge in [0.15, 0.2) is 0 Å². The molecule has 242 valence electrons. The molecule has 1 aliphatic carbocycles. The van der Waals surface area contributed by atoms with E-state index in [4.69, 9.17) is 9.97 Å². The van der Waals surface area contributed by atoms with Crippen molar-refractivity contribution in [1.29, 1.82) is 0 Å². The molecule has 3 nitrogen and oxygen atoms in total. The Bertz CT molecular complexity index is 3070. The van der Waals surface area contributed by atoms with Gasteiger partial charge in [0.05, 0.1) is 32.4 Å². The lowest BCUT2D eigenvalue weighted by Gasteiger charge is -2.38. The van der Waals surface area contributed by atoms with E-state index in [1.165, 1.54) is 63.3 Å². The van der Waals surface area contributed by atoms with Crippen LogP contribution in [0.15, 0.2) is 174 Å². The van der Waals surface area contributed by atoms with Crippen molar-refractivity contribution in [3.05, 3.63) is 185 Å². The van der Waals surface area contributed by atoms with Crippen molar-refractivity contribution in [2.45, 2.75) is 15.2 Å². The maximum absolute atomic E-state index is 5.42.